The lowest BCUT2D eigenvalue weighted by molar-refractivity contribution is 0.117. The van der Waals surface area contributed by atoms with Gasteiger partial charge in [0.15, 0.2) is 0 Å². The van der Waals surface area contributed by atoms with Crippen molar-refractivity contribution in [2.45, 2.75) is 63.1 Å². The van der Waals surface area contributed by atoms with Gasteiger partial charge in [-0.2, -0.15) is 0 Å². The van der Waals surface area contributed by atoms with Crippen LogP contribution in [-0.4, -0.2) is 28.3 Å². The van der Waals surface area contributed by atoms with E-state index >= 15 is 0 Å². The lowest BCUT2D eigenvalue weighted by Gasteiger charge is -2.26. The first-order valence-corrected chi connectivity index (χ1v) is 8.25. The predicted octanol–water partition coefficient (Wildman–Crippen LogP) is 2.12. The highest BCUT2D eigenvalue weighted by molar-refractivity contribution is 7.09. The zero-order valence-electron chi connectivity index (χ0n) is 11.5. The summed E-state index contributed by atoms with van der Waals surface area (Å²) in [6.07, 6.45) is 5.60. The first kappa shape index (κ1) is 13.8. The molecule has 3 rings (SSSR count). The van der Waals surface area contributed by atoms with Crippen LogP contribution >= 0.6 is 11.3 Å². The third kappa shape index (κ3) is 3.70. The summed E-state index contributed by atoms with van der Waals surface area (Å²) in [6.45, 7) is 0.499. The van der Waals surface area contributed by atoms with E-state index in [4.69, 9.17) is 0 Å². The van der Waals surface area contributed by atoms with Crippen molar-refractivity contribution in [3.05, 3.63) is 16.1 Å². The molecule has 2 amide bonds. The van der Waals surface area contributed by atoms with Gasteiger partial charge in [0.1, 0.15) is 5.01 Å². The summed E-state index contributed by atoms with van der Waals surface area (Å²) in [5, 5.41) is 18.3. The molecule has 110 valence electrons. The van der Waals surface area contributed by atoms with Gasteiger partial charge in [0.05, 0.1) is 18.3 Å². The van der Waals surface area contributed by atoms with Crippen LogP contribution in [-0.2, 0) is 6.54 Å². The highest BCUT2D eigenvalue weighted by atomic mass is 32.1. The van der Waals surface area contributed by atoms with E-state index in [-0.39, 0.29) is 18.2 Å². The summed E-state index contributed by atoms with van der Waals surface area (Å²) in [6, 6.07) is 0.0614. The van der Waals surface area contributed by atoms with Crippen molar-refractivity contribution in [2.75, 3.05) is 0 Å². The lowest BCUT2D eigenvalue weighted by atomic mass is 9.93. The first-order chi connectivity index (χ1) is 9.70. The predicted molar refractivity (Wildman–Crippen MR) is 77.7 cm³/mol. The van der Waals surface area contributed by atoms with Crippen molar-refractivity contribution in [1.82, 2.24) is 15.6 Å². The van der Waals surface area contributed by atoms with Gasteiger partial charge >= 0.3 is 6.03 Å². The third-order valence-electron chi connectivity index (χ3n) is 4.00. The molecule has 2 saturated carbocycles. The number of nitrogens with one attached hydrogen (secondary N) is 2. The van der Waals surface area contributed by atoms with Crippen LogP contribution in [0.4, 0.5) is 4.79 Å². The summed E-state index contributed by atoms with van der Waals surface area (Å²) in [5.74, 6) is 0.669. The molecule has 0 saturated heterocycles. The Morgan fingerprint density at radius 1 is 1.30 bits per heavy atom. The number of hydrogen-bond acceptors (Lipinski definition) is 4. The first-order valence-electron chi connectivity index (χ1n) is 7.37. The number of thiazole rings is 1. The molecule has 2 aliphatic rings. The molecule has 0 bridgehead atoms. The summed E-state index contributed by atoms with van der Waals surface area (Å²) < 4.78 is 0. The highest BCUT2D eigenvalue weighted by Crippen LogP contribution is 2.40. The minimum atomic E-state index is -0.188. The van der Waals surface area contributed by atoms with Crippen molar-refractivity contribution < 1.29 is 9.90 Å². The SMILES string of the molecule is O=C(NCc1nc(C2CC2)cs1)NC1CCC(O)CC1. The monoisotopic (exact) mass is 295 g/mol. The van der Waals surface area contributed by atoms with Crippen molar-refractivity contribution in [3.63, 3.8) is 0 Å². The number of carbonyl (C=O) groups excluding carboxylic acids is 1. The quantitative estimate of drug-likeness (QED) is 0.796. The Hall–Kier alpha value is -1.14. The second-order valence-corrected chi connectivity index (χ2v) is 6.72. The van der Waals surface area contributed by atoms with Crippen molar-refractivity contribution >= 4 is 17.4 Å². The van der Waals surface area contributed by atoms with Gasteiger partial charge in [0.25, 0.3) is 0 Å². The Kier molecular flexibility index (Phi) is 4.21. The van der Waals surface area contributed by atoms with Crippen molar-refractivity contribution in [1.29, 1.82) is 0 Å². The number of aliphatic hydroxyl groups is 1. The number of urea groups is 1. The van der Waals surface area contributed by atoms with Crippen LogP contribution in [0.25, 0.3) is 0 Å². The Labute approximate surface area is 122 Å². The number of nitrogens with zero attached hydrogens (tertiary/aromatic N) is 1. The van der Waals surface area contributed by atoms with Crippen LogP contribution in [0, 0.1) is 0 Å². The van der Waals surface area contributed by atoms with Gasteiger partial charge in [-0.05, 0) is 38.5 Å². The molecular formula is C14H21N3O2S. The average molecular weight is 295 g/mol. The number of carbonyl (C=O) groups is 1. The number of amides is 2. The Morgan fingerprint density at radius 3 is 2.75 bits per heavy atom. The number of rotatable bonds is 4. The molecule has 1 aromatic heterocycles. The molecule has 0 unspecified atom stereocenters. The molecule has 0 atom stereocenters. The zero-order chi connectivity index (χ0) is 13.9. The van der Waals surface area contributed by atoms with E-state index in [0.29, 0.717) is 12.5 Å². The standard InChI is InChI=1S/C14H21N3O2S/c18-11-5-3-10(4-6-11)16-14(19)15-7-13-17-12(8-20-13)9-1-2-9/h8-11,18H,1-7H2,(H2,15,16,19). The smallest absolute Gasteiger partial charge is 0.315 e. The molecule has 2 aliphatic carbocycles. The van der Waals surface area contributed by atoms with Crippen LogP contribution in [0.5, 0.6) is 0 Å². The van der Waals surface area contributed by atoms with Crippen molar-refractivity contribution in [3.8, 4) is 0 Å². The molecular weight excluding hydrogens is 274 g/mol. The average Bonchev–Trinajstić information content (AvgIpc) is 3.18. The molecule has 3 N–H and O–H groups in total. The molecule has 6 heteroatoms. The third-order valence-corrected chi connectivity index (χ3v) is 4.86. The molecule has 0 aromatic carbocycles. The van der Waals surface area contributed by atoms with Crippen molar-refractivity contribution in [2.24, 2.45) is 0 Å². The number of aromatic nitrogens is 1. The molecule has 20 heavy (non-hydrogen) atoms. The number of aliphatic hydroxyl groups excluding tert-OH is 1. The second-order valence-electron chi connectivity index (χ2n) is 5.77. The maximum atomic E-state index is 11.8. The van der Waals surface area contributed by atoms with Crippen LogP contribution in [0.2, 0.25) is 0 Å². The Bertz CT molecular complexity index is 465. The molecule has 1 aromatic rings. The van der Waals surface area contributed by atoms with E-state index in [1.54, 1.807) is 11.3 Å². The van der Waals surface area contributed by atoms with E-state index in [9.17, 15) is 9.90 Å². The van der Waals surface area contributed by atoms with E-state index in [0.717, 1.165) is 30.7 Å². The van der Waals surface area contributed by atoms with E-state index in [2.05, 4.69) is 21.0 Å². The van der Waals surface area contributed by atoms with E-state index in [1.165, 1.54) is 18.5 Å². The van der Waals surface area contributed by atoms with E-state index in [1.807, 2.05) is 0 Å². The number of hydrogen-bond donors (Lipinski definition) is 3. The molecule has 5 nitrogen and oxygen atoms in total. The van der Waals surface area contributed by atoms with Gasteiger partial charge in [0, 0.05) is 17.3 Å². The minimum Gasteiger partial charge on any atom is -0.393 e. The molecule has 0 aliphatic heterocycles. The fourth-order valence-corrected chi connectivity index (χ4v) is 3.40. The summed E-state index contributed by atoms with van der Waals surface area (Å²) in [7, 11) is 0. The topological polar surface area (TPSA) is 74.2 Å². The van der Waals surface area contributed by atoms with Gasteiger partial charge in [-0.15, -0.1) is 11.3 Å². The molecule has 2 fully saturated rings. The second kappa shape index (κ2) is 6.10. The zero-order valence-corrected chi connectivity index (χ0v) is 12.3. The van der Waals surface area contributed by atoms with Crippen LogP contribution in [0.1, 0.15) is 55.1 Å². The van der Waals surface area contributed by atoms with Gasteiger partial charge in [-0.25, -0.2) is 9.78 Å². The van der Waals surface area contributed by atoms with Crippen LogP contribution in [0.15, 0.2) is 5.38 Å². The van der Waals surface area contributed by atoms with Gasteiger partial charge < -0.3 is 15.7 Å². The Balaban J connectivity index is 1.39. The molecule has 0 radical (unpaired) electrons. The largest absolute Gasteiger partial charge is 0.393 e. The van der Waals surface area contributed by atoms with Crippen LogP contribution in [0.3, 0.4) is 0 Å². The van der Waals surface area contributed by atoms with Gasteiger partial charge in [-0.1, -0.05) is 0 Å². The van der Waals surface area contributed by atoms with Gasteiger partial charge in [0.2, 0.25) is 0 Å². The molecule has 0 spiro atoms. The lowest BCUT2D eigenvalue weighted by Crippen LogP contribution is -2.43. The summed E-state index contributed by atoms with van der Waals surface area (Å²) in [4.78, 5) is 16.4. The van der Waals surface area contributed by atoms with Gasteiger partial charge in [-0.3, -0.25) is 0 Å². The maximum Gasteiger partial charge on any atom is 0.315 e. The normalized spacial score (nSPS) is 26.2. The molecule has 1 heterocycles. The maximum absolute atomic E-state index is 11.8. The Morgan fingerprint density at radius 2 is 2.05 bits per heavy atom. The fraction of sp³-hybridized carbons (Fsp3) is 0.714. The minimum absolute atomic E-state index is 0.130. The summed E-state index contributed by atoms with van der Waals surface area (Å²) in [5.41, 5.74) is 1.19. The highest BCUT2D eigenvalue weighted by Gasteiger charge is 2.26. The summed E-state index contributed by atoms with van der Waals surface area (Å²) >= 11 is 1.62. The van der Waals surface area contributed by atoms with Crippen LogP contribution < -0.4 is 10.6 Å². The fourth-order valence-electron chi connectivity index (χ4n) is 2.59. The van der Waals surface area contributed by atoms with E-state index < -0.39 is 0 Å².